The van der Waals surface area contributed by atoms with Crippen molar-refractivity contribution in [1.29, 1.82) is 0 Å². The highest BCUT2D eigenvalue weighted by atomic mass is 35.5. The minimum Gasteiger partial charge on any atom is -0.497 e. The molecule has 0 fully saturated rings. The number of methoxy groups -OCH3 is 2. The Balaban J connectivity index is 2.16. The first-order chi connectivity index (χ1) is 16.3. The Labute approximate surface area is 203 Å². The minimum absolute atomic E-state index is 0.175. The van der Waals surface area contributed by atoms with E-state index in [0.717, 1.165) is 11.1 Å². The molecule has 1 atom stereocenters. The lowest BCUT2D eigenvalue weighted by molar-refractivity contribution is 0.0526. The molecule has 180 valence electrons. The van der Waals surface area contributed by atoms with Crippen molar-refractivity contribution in [2.75, 3.05) is 20.8 Å². The maximum atomic E-state index is 13.2. The van der Waals surface area contributed by atoms with Crippen LogP contribution in [0.15, 0.2) is 53.5 Å². The number of nitrogens with zero attached hydrogens (tertiary/aromatic N) is 1. The number of aliphatic hydroxyl groups is 1. The topological polar surface area (TPSA) is 87.0 Å². The quantitative estimate of drug-likeness (QED) is 0.454. The Morgan fingerprint density at radius 2 is 1.79 bits per heavy atom. The average molecular weight is 486 g/mol. The zero-order chi connectivity index (χ0) is 24.8. The molecule has 0 radical (unpaired) electrons. The lowest BCUT2D eigenvalue weighted by Gasteiger charge is -2.17. The Kier molecular flexibility index (Phi) is 8.36. The molecule has 1 N–H and O–H groups in total. The van der Waals surface area contributed by atoms with Crippen molar-refractivity contribution in [2.24, 2.45) is 0 Å². The lowest BCUT2D eigenvalue weighted by atomic mass is 9.93. The second-order valence-electron chi connectivity index (χ2n) is 7.82. The smallest absolute Gasteiger partial charge is 0.340 e. The lowest BCUT2D eigenvalue weighted by Crippen LogP contribution is -2.23. The van der Waals surface area contributed by atoms with Gasteiger partial charge < -0.3 is 23.9 Å². The Bertz CT molecular complexity index is 1230. The predicted octanol–water partition coefficient (Wildman–Crippen LogP) is 4.33. The number of carbonyl (C=O) groups is 1. The maximum absolute atomic E-state index is 13.2. The summed E-state index contributed by atoms with van der Waals surface area (Å²) >= 11 is 6.25. The summed E-state index contributed by atoms with van der Waals surface area (Å²) < 4.78 is 17.4. The highest BCUT2D eigenvalue weighted by molar-refractivity contribution is 6.31. The molecule has 1 unspecified atom stereocenters. The van der Waals surface area contributed by atoms with E-state index in [2.05, 4.69) is 0 Å². The fourth-order valence-corrected chi connectivity index (χ4v) is 3.92. The highest BCUT2D eigenvalue weighted by Gasteiger charge is 2.20. The van der Waals surface area contributed by atoms with Crippen LogP contribution in [0.4, 0.5) is 0 Å². The number of halogens is 1. The van der Waals surface area contributed by atoms with Gasteiger partial charge in [-0.2, -0.15) is 0 Å². The van der Waals surface area contributed by atoms with Gasteiger partial charge in [0.15, 0.2) is 0 Å². The van der Waals surface area contributed by atoms with Gasteiger partial charge in [-0.25, -0.2) is 4.79 Å². The van der Waals surface area contributed by atoms with Gasteiger partial charge in [-0.3, -0.25) is 4.79 Å². The number of pyridine rings is 1. The molecular weight excluding hydrogens is 458 g/mol. The number of esters is 1. The molecule has 1 heterocycles. The molecular formula is C26H28ClNO6. The number of ether oxygens (including phenoxy) is 3. The van der Waals surface area contributed by atoms with Crippen LogP contribution in [-0.4, -0.2) is 42.6 Å². The van der Waals surface area contributed by atoms with Crippen molar-refractivity contribution in [1.82, 2.24) is 4.57 Å². The maximum Gasteiger partial charge on any atom is 0.340 e. The molecule has 0 aliphatic heterocycles. The van der Waals surface area contributed by atoms with Gasteiger partial charge in [0.25, 0.3) is 5.56 Å². The normalized spacial score (nSPS) is 11.7. The molecule has 8 heteroatoms. The third-order valence-electron chi connectivity index (χ3n) is 5.33. The Morgan fingerprint density at radius 3 is 2.44 bits per heavy atom. The molecule has 2 aromatic carbocycles. The molecule has 0 aliphatic carbocycles. The van der Waals surface area contributed by atoms with E-state index in [1.165, 1.54) is 23.9 Å². The summed E-state index contributed by atoms with van der Waals surface area (Å²) in [5, 5.41) is 10.4. The van der Waals surface area contributed by atoms with Crippen LogP contribution in [0.3, 0.4) is 0 Å². The molecule has 3 rings (SSSR count). The molecule has 1 aromatic heterocycles. The molecule has 0 saturated heterocycles. The highest BCUT2D eigenvalue weighted by Crippen LogP contribution is 2.31. The second kappa shape index (κ2) is 11.2. The summed E-state index contributed by atoms with van der Waals surface area (Å²) in [4.78, 5) is 26.1. The second-order valence-corrected chi connectivity index (χ2v) is 8.26. The number of rotatable bonds is 9. The van der Waals surface area contributed by atoms with E-state index in [1.807, 2.05) is 0 Å². The number of carbonyl (C=O) groups excluding carboxylic acids is 1. The van der Waals surface area contributed by atoms with Crippen molar-refractivity contribution in [3.63, 3.8) is 0 Å². The minimum atomic E-state index is -0.617. The van der Waals surface area contributed by atoms with Crippen LogP contribution in [-0.2, 0) is 17.7 Å². The molecule has 34 heavy (non-hydrogen) atoms. The molecule has 0 amide bonds. The van der Waals surface area contributed by atoms with Gasteiger partial charge in [-0.05, 0) is 55.7 Å². The van der Waals surface area contributed by atoms with Gasteiger partial charge in [-0.1, -0.05) is 17.7 Å². The van der Waals surface area contributed by atoms with Crippen LogP contribution >= 0.6 is 11.6 Å². The Hall–Kier alpha value is -3.29. The molecule has 0 saturated carbocycles. The van der Waals surface area contributed by atoms with Crippen LogP contribution in [0, 0.1) is 0 Å². The fraction of sp³-hybridized carbons (Fsp3) is 0.308. The van der Waals surface area contributed by atoms with Crippen LogP contribution in [0.25, 0.3) is 11.1 Å². The van der Waals surface area contributed by atoms with Crippen LogP contribution < -0.4 is 15.0 Å². The van der Waals surface area contributed by atoms with Crippen LogP contribution in [0.1, 0.15) is 35.3 Å². The summed E-state index contributed by atoms with van der Waals surface area (Å²) in [6.45, 7) is 3.74. The van der Waals surface area contributed by atoms with E-state index >= 15 is 0 Å². The standard InChI is InChI=1S/C26H28ClNO6/c1-5-34-26(31)23-15-28(14-18-7-9-20(32-3)12-24(18)33-4)25(30)13-22(23)21-11-19(27)8-6-17(21)10-16(2)29/h6-9,11-13,15-16,29H,5,10,14H2,1-4H3. The van der Waals surface area contributed by atoms with Gasteiger partial charge in [0.1, 0.15) is 11.5 Å². The van der Waals surface area contributed by atoms with Crippen LogP contribution in [0.2, 0.25) is 5.02 Å². The fourth-order valence-electron chi connectivity index (χ4n) is 3.75. The molecule has 0 bridgehead atoms. The first-order valence-electron chi connectivity index (χ1n) is 10.9. The van der Waals surface area contributed by atoms with Gasteiger partial charge in [0.05, 0.1) is 39.0 Å². The first-order valence-corrected chi connectivity index (χ1v) is 11.2. The van der Waals surface area contributed by atoms with E-state index < -0.39 is 12.1 Å². The van der Waals surface area contributed by atoms with Crippen molar-refractivity contribution in [3.8, 4) is 22.6 Å². The Morgan fingerprint density at radius 1 is 1.06 bits per heavy atom. The zero-order valence-corrected chi connectivity index (χ0v) is 20.4. The summed E-state index contributed by atoms with van der Waals surface area (Å²) in [6.07, 6.45) is 1.21. The summed E-state index contributed by atoms with van der Waals surface area (Å²) in [7, 11) is 3.10. The van der Waals surface area contributed by atoms with Gasteiger partial charge in [0.2, 0.25) is 0 Å². The molecule has 0 spiro atoms. The largest absolute Gasteiger partial charge is 0.497 e. The predicted molar refractivity (Wildman–Crippen MR) is 131 cm³/mol. The first kappa shape index (κ1) is 25.3. The average Bonchev–Trinajstić information content (AvgIpc) is 2.81. The van der Waals surface area contributed by atoms with Gasteiger partial charge in [-0.15, -0.1) is 0 Å². The van der Waals surface area contributed by atoms with E-state index in [4.69, 9.17) is 25.8 Å². The van der Waals surface area contributed by atoms with E-state index in [9.17, 15) is 14.7 Å². The summed E-state index contributed by atoms with van der Waals surface area (Å²) in [5.41, 5.74) is 2.42. The number of hydrogen-bond acceptors (Lipinski definition) is 6. The number of aliphatic hydroxyl groups excluding tert-OH is 1. The van der Waals surface area contributed by atoms with E-state index in [-0.39, 0.29) is 24.3 Å². The van der Waals surface area contributed by atoms with Crippen molar-refractivity contribution >= 4 is 17.6 Å². The monoisotopic (exact) mass is 485 g/mol. The van der Waals surface area contributed by atoms with Gasteiger partial charge in [0, 0.05) is 34.5 Å². The summed E-state index contributed by atoms with van der Waals surface area (Å²) in [6, 6.07) is 11.9. The summed E-state index contributed by atoms with van der Waals surface area (Å²) in [5.74, 6) is 0.625. The molecule has 0 aliphatic rings. The van der Waals surface area contributed by atoms with Crippen LogP contribution in [0.5, 0.6) is 11.5 Å². The number of benzene rings is 2. The number of aromatic nitrogens is 1. The zero-order valence-electron chi connectivity index (χ0n) is 19.6. The third kappa shape index (κ3) is 5.79. The van der Waals surface area contributed by atoms with Crippen molar-refractivity contribution in [2.45, 2.75) is 32.9 Å². The van der Waals surface area contributed by atoms with E-state index in [0.29, 0.717) is 34.1 Å². The van der Waals surface area contributed by atoms with E-state index in [1.54, 1.807) is 57.4 Å². The van der Waals surface area contributed by atoms with Crippen molar-refractivity contribution in [3.05, 3.63) is 80.7 Å². The number of hydrogen-bond donors (Lipinski definition) is 1. The molecule has 7 nitrogen and oxygen atoms in total. The van der Waals surface area contributed by atoms with Crippen molar-refractivity contribution < 1.29 is 24.1 Å². The SMILES string of the molecule is CCOC(=O)c1cn(Cc2ccc(OC)cc2OC)c(=O)cc1-c1cc(Cl)ccc1CC(C)O. The third-order valence-corrected chi connectivity index (χ3v) is 5.57. The van der Waals surface area contributed by atoms with Gasteiger partial charge >= 0.3 is 5.97 Å². The molecule has 3 aromatic rings.